The highest BCUT2D eigenvalue weighted by Gasteiger charge is 2.33. The normalized spacial score (nSPS) is 16.3. The van der Waals surface area contributed by atoms with Crippen LogP contribution in [0.4, 0.5) is 16.2 Å². The van der Waals surface area contributed by atoms with E-state index in [1.165, 1.54) is 4.90 Å². The molecule has 0 aliphatic carbocycles. The molecule has 7 nitrogen and oxygen atoms in total. The van der Waals surface area contributed by atoms with E-state index < -0.39 is 23.6 Å². The van der Waals surface area contributed by atoms with Gasteiger partial charge < -0.3 is 20.3 Å². The molecule has 152 valence electrons. The Labute approximate surface area is 170 Å². The molecule has 0 spiro atoms. The molecule has 0 saturated carbocycles. The predicted molar refractivity (Wildman–Crippen MR) is 111 cm³/mol. The third-order valence-corrected chi connectivity index (χ3v) is 4.37. The Morgan fingerprint density at radius 2 is 1.76 bits per heavy atom. The van der Waals surface area contributed by atoms with Gasteiger partial charge in [0.2, 0.25) is 5.91 Å². The van der Waals surface area contributed by atoms with E-state index in [0.717, 1.165) is 5.56 Å². The molecule has 0 saturated heterocycles. The summed E-state index contributed by atoms with van der Waals surface area (Å²) in [5.74, 6) is -0.674. The minimum Gasteiger partial charge on any atom is -0.444 e. The molecule has 0 bridgehead atoms. The lowest BCUT2D eigenvalue weighted by Gasteiger charge is -2.26. The van der Waals surface area contributed by atoms with Crippen LogP contribution in [-0.2, 0) is 9.53 Å². The molecule has 0 unspecified atom stereocenters. The van der Waals surface area contributed by atoms with Crippen molar-refractivity contribution in [2.75, 3.05) is 16.8 Å². The lowest BCUT2D eigenvalue weighted by atomic mass is 10.1. The van der Waals surface area contributed by atoms with Gasteiger partial charge in [-0.1, -0.05) is 29.8 Å². The third-order valence-electron chi connectivity index (χ3n) is 4.37. The molecule has 7 heteroatoms. The average Bonchev–Trinajstić information content (AvgIpc) is 2.77. The van der Waals surface area contributed by atoms with Gasteiger partial charge in [-0.15, -0.1) is 0 Å². The predicted octanol–water partition coefficient (Wildman–Crippen LogP) is 3.49. The summed E-state index contributed by atoms with van der Waals surface area (Å²) in [6, 6.07) is 13.3. The number of nitrogens with one attached hydrogen (secondary N) is 2. The van der Waals surface area contributed by atoms with Gasteiger partial charge in [0.25, 0.3) is 5.91 Å². The average molecular weight is 395 g/mol. The number of anilines is 2. The summed E-state index contributed by atoms with van der Waals surface area (Å²) in [4.78, 5) is 39.7. The van der Waals surface area contributed by atoms with Crippen LogP contribution in [0.5, 0.6) is 0 Å². The second kappa shape index (κ2) is 7.95. The fourth-order valence-corrected chi connectivity index (χ4v) is 3.00. The van der Waals surface area contributed by atoms with E-state index in [4.69, 9.17) is 4.74 Å². The van der Waals surface area contributed by atoms with Gasteiger partial charge in [0.05, 0.1) is 17.9 Å². The number of ether oxygens (including phenoxy) is 1. The van der Waals surface area contributed by atoms with Crippen LogP contribution >= 0.6 is 0 Å². The van der Waals surface area contributed by atoms with Crippen molar-refractivity contribution in [1.29, 1.82) is 0 Å². The fourth-order valence-electron chi connectivity index (χ4n) is 3.00. The number of hydrogen-bond acceptors (Lipinski definition) is 4. The highest BCUT2D eigenvalue weighted by atomic mass is 16.6. The summed E-state index contributed by atoms with van der Waals surface area (Å²) in [7, 11) is 0. The van der Waals surface area contributed by atoms with Crippen molar-refractivity contribution in [1.82, 2.24) is 5.32 Å². The molecule has 1 aliphatic rings. The quantitative estimate of drug-likeness (QED) is 0.815. The number of amides is 3. The summed E-state index contributed by atoms with van der Waals surface area (Å²) >= 11 is 0. The molecule has 2 aromatic carbocycles. The first-order valence-corrected chi connectivity index (χ1v) is 9.42. The lowest BCUT2D eigenvalue weighted by Crippen LogP contribution is -2.51. The van der Waals surface area contributed by atoms with E-state index in [1.54, 1.807) is 57.2 Å². The number of benzene rings is 2. The summed E-state index contributed by atoms with van der Waals surface area (Å²) in [6.07, 6.45) is -0.716. The zero-order valence-electron chi connectivity index (χ0n) is 17.0. The summed E-state index contributed by atoms with van der Waals surface area (Å²) in [5.41, 5.74) is 1.91. The van der Waals surface area contributed by atoms with Gasteiger partial charge >= 0.3 is 6.09 Å². The molecular weight excluding hydrogens is 370 g/mol. The van der Waals surface area contributed by atoms with Crippen LogP contribution in [0.25, 0.3) is 0 Å². The monoisotopic (exact) mass is 395 g/mol. The maximum absolute atomic E-state index is 13.2. The van der Waals surface area contributed by atoms with E-state index in [1.807, 2.05) is 19.1 Å². The number of carbonyl (C=O) groups is 3. The molecule has 2 N–H and O–H groups in total. The van der Waals surface area contributed by atoms with Crippen molar-refractivity contribution >= 4 is 29.3 Å². The number of nitrogens with zero attached hydrogens (tertiary/aromatic N) is 1. The van der Waals surface area contributed by atoms with Gasteiger partial charge in [0.1, 0.15) is 11.6 Å². The second-order valence-corrected chi connectivity index (χ2v) is 7.99. The van der Waals surface area contributed by atoms with E-state index >= 15 is 0 Å². The Bertz CT molecular complexity index is 932. The summed E-state index contributed by atoms with van der Waals surface area (Å²) in [5, 5.41) is 5.36. The molecular formula is C22H25N3O4. The molecule has 3 amide bonds. The van der Waals surface area contributed by atoms with E-state index in [0.29, 0.717) is 16.9 Å². The highest BCUT2D eigenvalue weighted by molar-refractivity contribution is 6.11. The first kappa shape index (κ1) is 20.4. The van der Waals surface area contributed by atoms with E-state index in [9.17, 15) is 14.4 Å². The Morgan fingerprint density at radius 3 is 2.41 bits per heavy atom. The number of alkyl carbamates (subject to hydrolysis) is 1. The second-order valence-electron chi connectivity index (χ2n) is 7.99. The molecule has 1 heterocycles. The number of fused-ring (bicyclic) bond motifs is 1. The minimum atomic E-state index is -0.966. The maximum atomic E-state index is 13.2. The van der Waals surface area contributed by atoms with Gasteiger partial charge in [-0.05, 0) is 52.0 Å². The Balaban J connectivity index is 1.92. The topological polar surface area (TPSA) is 87.7 Å². The van der Waals surface area contributed by atoms with Crippen molar-refractivity contribution in [2.45, 2.75) is 39.3 Å². The summed E-state index contributed by atoms with van der Waals surface area (Å²) in [6.45, 7) is 7.14. The van der Waals surface area contributed by atoms with Gasteiger partial charge in [0.15, 0.2) is 0 Å². The molecule has 29 heavy (non-hydrogen) atoms. The zero-order valence-corrected chi connectivity index (χ0v) is 17.0. The van der Waals surface area contributed by atoms with Crippen LogP contribution in [0.15, 0.2) is 48.5 Å². The Morgan fingerprint density at radius 1 is 1.10 bits per heavy atom. The van der Waals surface area contributed by atoms with Crippen molar-refractivity contribution in [3.63, 3.8) is 0 Å². The van der Waals surface area contributed by atoms with Crippen molar-refractivity contribution in [2.24, 2.45) is 0 Å². The number of carbonyl (C=O) groups excluding carboxylic acids is 3. The van der Waals surface area contributed by atoms with Crippen molar-refractivity contribution in [3.05, 3.63) is 59.7 Å². The SMILES string of the molecule is Cc1ccc(C(=O)N2C[C@H](NC(=O)OC(C)(C)C)C(=O)Nc3ccccc32)cc1. The van der Waals surface area contributed by atoms with Crippen LogP contribution in [-0.4, -0.2) is 36.1 Å². The minimum absolute atomic E-state index is 0.0190. The lowest BCUT2D eigenvalue weighted by molar-refractivity contribution is -0.117. The van der Waals surface area contributed by atoms with Crippen LogP contribution in [0.1, 0.15) is 36.7 Å². The molecule has 1 aliphatic heterocycles. The number of aryl methyl sites for hydroxylation is 1. The van der Waals surface area contributed by atoms with Crippen molar-refractivity contribution < 1.29 is 19.1 Å². The standard InChI is InChI=1S/C22H25N3O4/c1-14-9-11-15(12-10-14)20(27)25-13-17(24-21(28)29-22(2,3)4)19(26)23-16-7-5-6-8-18(16)25/h5-12,17H,13H2,1-4H3,(H,23,26)(H,24,28)/t17-/m0/s1. The number of hydrogen-bond donors (Lipinski definition) is 2. The molecule has 3 rings (SSSR count). The van der Waals surface area contributed by atoms with Gasteiger partial charge in [-0.25, -0.2) is 4.79 Å². The van der Waals surface area contributed by atoms with Gasteiger partial charge in [-0.2, -0.15) is 0 Å². The number of rotatable bonds is 2. The molecule has 0 aromatic heterocycles. The van der Waals surface area contributed by atoms with Gasteiger partial charge in [-0.3, -0.25) is 9.59 Å². The number of para-hydroxylation sites is 2. The Hall–Kier alpha value is -3.35. The van der Waals surface area contributed by atoms with Crippen molar-refractivity contribution in [3.8, 4) is 0 Å². The van der Waals surface area contributed by atoms with Crippen LogP contribution in [0, 0.1) is 6.92 Å². The largest absolute Gasteiger partial charge is 0.444 e. The first-order chi connectivity index (χ1) is 13.6. The molecule has 0 radical (unpaired) electrons. The van der Waals surface area contributed by atoms with Crippen LogP contribution in [0.3, 0.4) is 0 Å². The van der Waals surface area contributed by atoms with Crippen LogP contribution in [0.2, 0.25) is 0 Å². The molecule has 2 aromatic rings. The molecule has 0 fully saturated rings. The first-order valence-electron chi connectivity index (χ1n) is 9.42. The zero-order chi connectivity index (χ0) is 21.2. The third kappa shape index (κ3) is 4.93. The highest BCUT2D eigenvalue weighted by Crippen LogP contribution is 2.30. The van der Waals surface area contributed by atoms with E-state index in [2.05, 4.69) is 10.6 Å². The van der Waals surface area contributed by atoms with Crippen LogP contribution < -0.4 is 15.5 Å². The molecule has 1 atom stereocenters. The van der Waals surface area contributed by atoms with E-state index in [-0.39, 0.29) is 12.5 Å². The smallest absolute Gasteiger partial charge is 0.408 e. The Kier molecular flexibility index (Phi) is 5.59. The fraction of sp³-hybridized carbons (Fsp3) is 0.318. The maximum Gasteiger partial charge on any atom is 0.408 e. The summed E-state index contributed by atoms with van der Waals surface area (Å²) < 4.78 is 5.27. The van der Waals surface area contributed by atoms with Gasteiger partial charge in [0, 0.05) is 5.56 Å².